The first-order chi connectivity index (χ1) is 10.1. The van der Waals surface area contributed by atoms with Crippen molar-refractivity contribution >= 4 is 5.69 Å². The number of aromatic nitrogens is 1. The Kier molecular flexibility index (Phi) is 5.17. The lowest BCUT2D eigenvalue weighted by Gasteiger charge is -2.11. The molecule has 21 heavy (non-hydrogen) atoms. The third-order valence-corrected chi connectivity index (χ3v) is 3.59. The van der Waals surface area contributed by atoms with E-state index in [9.17, 15) is 4.79 Å². The van der Waals surface area contributed by atoms with Crippen molar-refractivity contribution in [2.75, 3.05) is 19.0 Å². The van der Waals surface area contributed by atoms with Gasteiger partial charge in [-0.2, -0.15) is 0 Å². The highest BCUT2D eigenvalue weighted by Gasteiger charge is 2.00. The summed E-state index contributed by atoms with van der Waals surface area (Å²) in [6.07, 6.45) is 1.84. The molecule has 0 aliphatic rings. The second-order valence-corrected chi connectivity index (χ2v) is 5.21. The second kappa shape index (κ2) is 7.09. The fourth-order valence-electron chi connectivity index (χ4n) is 2.12. The van der Waals surface area contributed by atoms with Crippen molar-refractivity contribution in [1.82, 2.24) is 4.57 Å². The maximum atomic E-state index is 11.7. The molecule has 0 saturated carbocycles. The van der Waals surface area contributed by atoms with Gasteiger partial charge in [0.2, 0.25) is 0 Å². The van der Waals surface area contributed by atoms with E-state index in [1.165, 1.54) is 16.7 Å². The maximum Gasteiger partial charge on any atom is 0.250 e. The van der Waals surface area contributed by atoms with Crippen LogP contribution in [0.15, 0.2) is 41.3 Å². The molecule has 1 aromatic heterocycles. The Hall–Kier alpha value is -2.07. The molecule has 1 aromatic carbocycles. The van der Waals surface area contributed by atoms with Crippen molar-refractivity contribution in [3.8, 4) is 0 Å². The van der Waals surface area contributed by atoms with Crippen molar-refractivity contribution < 1.29 is 4.74 Å². The van der Waals surface area contributed by atoms with E-state index in [0.717, 1.165) is 12.2 Å². The molecule has 0 fully saturated rings. The van der Waals surface area contributed by atoms with E-state index >= 15 is 0 Å². The molecular weight excluding hydrogens is 264 g/mol. The molecule has 0 bridgehead atoms. The lowest BCUT2D eigenvalue weighted by Crippen LogP contribution is -2.21. The average Bonchev–Trinajstić information content (AvgIpc) is 2.48. The number of nitrogens with one attached hydrogen (secondary N) is 1. The summed E-state index contributed by atoms with van der Waals surface area (Å²) in [5.41, 5.74) is 4.74. The molecule has 0 aliphatic carbocycles. The molecule has 0 radical (unpaired) electrons. The van der Waals surface area contributed by atoms with E-state index in [2.05, 4.69) is 37.4 Å². The molecule has 2 aromatic rings. The van der Waals surface area contributed by atoms with Gasteiger partial charge in [0.25, 0.3) is 5.56 Å². The van der Waals surface area contributed by atoms with Gasteiger partial charge in [-0.15, -0.1) is 0 Å². The second-order valence-electron chi connectivity index (χ2n) is 5.21. The van der Waals surface area contributed by atoms with Crippen molar-refractivity contribution in [3.63, 3.8) is 0 Å². The number of nitrogens with zero attached hydrogens (tertiary/aromatic N) is 1. The summed E-state index contributed by atoms with van der Waals surface area (Å²) in [6.45, 7) is 6.06. The number of anilines is 1. The van der Waals surface area contributed by atoms with Crippen LogP contribution >= 0.6 is 0 Å². The van der Waals surface area contributed by atoms with E-state index < -0.39 is 0 Å². The first-order valence-electron chi connectivity index (χ1n) is 7.09. The van der Waals surface area contributed by atoms with Gasteiger partial charge in [-0.1, -0.05) is 18.2 Å². The number of ether oxygens (including phenoxy) is 1. The van der Waals surface area contributed by atoms with E-state index in [1.54, 1.807) is 17.7 Å². The normalized spacial score (nSPS) is 10.6. The number of rotatable bonds is 6. The molecule has 0 atom stereocenters. The molecular formula is C17H22N2O2. The summed E-state index contributed by atoms with van der Waals surface area (Å²) >= 11 is 0. The molecule has 1 N–H and O–H groups in total. The maximum absolute atomic E-state index is 11.7. The topological polar surface area (TPSA) is 43.3 Å². The zero-order valence-electron chi connectivity index (χ0n) is 12.8. The number of benzene rings is 1. The number of hydrogen-bond donors (Lipinski definition) is 1. The van der Waals surface area contributed by atoms with Crippen LogP contribution in [0.5, 0.6) is 0 Å². The molecule has 4 nitrogen and oxygen atoms in total. The number of pyridine rings is 1. The fraction of sp³-hybridized carbons (Fsp3) is 0.353. The van der Waals surface area contributed by atoms with Gasteiger partial charge in [0.15, 0.2) is 0 Å². The van der Waals surface area contributed by atoms with E-state index in [-0.39, 0.29) is 5.56 Å². The van der Waals surface area contributed by atoms with Crippen LogP contribution in [0.4, 0.5) is 5.69 Å². The van der Waals surface area contributed by atoms with Crippen LogP contribution < -0.4 is 10.9 Å². The number of aryl methyl sites for hydroxylation is 2. The third kappa shape index (κ3) is 4.20. The van der Waals surface area contributed by atoms with E-state index in [1.807, 2.05) is 12.3 Å². The summed E-state index contributed by atoms with van der Waals surface area (Å²) in [4.78, 5) is 11.7. The van der Waals surface area contributed by atoms with Crippen LogP contribution in [0.2, 0.25) is 0 Å². The van der Waals surface area contributed by atoms with Crippen LogP contribution in [0, 0.1) is 13.8 Å². The zero-order chi connectivity index (χ0) is 15.2. The highest BCUT2D eigenvalue weighted by molar-refractivity contribution is 5.42. The molecule has 0 spiro atoms. The number of hydrogen-bond acceptors (Lipinski definition) is 3. The summed E-state index contributed by atoms with van der Waals surface area (Å²) in [5, 5.41) is 3.35. The Balaban J connectivity index is 2.05. The van der Waals surface area contributed by atoms with Gasteiger partial charge in [0.05, 0.1) is 12.3 Å². The largest absolute Gasteiger partial charge is 0.383 e. The summed E-state index contributed by atoms with van der Waals surface area (Å²) in [6, 6.07) is 9.83. The van der Waals surface area contributed by atoms with E-state index in [0.29, 0.717) is 13.2 Å². The number of methoxy groups -OCH3 is 1. The van der Waals surface area contributed by atoms with Crippen molar-refractivity contribution in [3.05, 3.63) is 63.6 Å². The summed E-state index contributed by atoms with van der Waals surface area (Å²) in [5.74, 6) is 0. The molecule has 2 rings (SSSR count). The smallest absolute Gasteiger partial charge is 0.250 e. The minimum Gasteiger partial charge on any atom is -0.383 e. The molecule has 112 valence electrons. The average molecular weight is 286 g/mol. The zero-order valence-corrected chi connectivity index (χ0v) is 12.8. The Morgan fingerprint density at radius 2 is 1.95 bits per heavy atom. The third-order valence-electron chi connectivity index (χ3n) is 3.59. The summed E-state index contributed by atoms with van der Waals surface area (Å²) < 4.78 is 6.67. The first kappa shape index (κ1) is 15.3. The van der Waals surface area contributed by atoms with Gasteiger partial charge in [-0.05, 0) is 36.6 Å². The molecule has 0 amide bonds. The van der Waals surface area contributed by atoms with Gasteiger partial charge in [-0.25, -0.2) is 0 Å². The Morgan fingerprint density at radius 3 is 2.67 bits per heavy atom. The lowest BCUT2D eigenvalue weighted by atomic mass is 10.1. The van der Waals surface area contributed by atoms with Crippen LogP contribution in [0.25, 0.3) is 0 Å². The molecule has 0 aliphatic heterocycles. The van der Waals surface area contributed by atoms with Crippen LogP contribution in [-0.2, 0) is 17.8 Å². The van der Waals surface area contributed by atoms with Crippen molar-refractivity contribution in [2.24, 2.45) is 0 Å². The lowest BCUT2D eigenvalue weighted by molar-refractivity contribution is 0.186. The Labute approximate surface area is 125 Å². The molecule has 0 saturated heterocycles. The van der Waals surface area contributed by atoms with Gasteiger partial charge in [0, 0.05) is 32.5 Å². The Bertz CT molecular complexity index is 662. The highest BCUT2D eigenvalue weighted by atomic mass is 16.5. The van der Waals surface area contributed by atoms with Crippen molar-refractivity contribution in [1.29, 1.82) is 0 Å². The predicted molar refractivity (Wildman–Crippen MR) is 85.8 cm³/mol. The molecule has 4 heteroatoms. The SMILES string of the molecule is COCCn1cc(NCc2ccc(C)c(C)c2)ccc1=O. The Morgan fingerprint density at radius 1 is 1.14 bits per heavy atom. The van der Waals surface area contributed by atoms with Crippen molar-refractivity contribution in [2.45, 2.75) is 26.9 Å². The monoisotopic (exact) mass is 286 g/mol. The molecule has 1 heterocycles. The summed E-state index contributed by atoms with van der Waals surface area (Å²) in [7, 11) is 1.63. The van der Waals surface area contributed by atoms with Crippen LogP contribution in [0.1, 0.15) is 16.7 Å². The van der Waals surface area contributed by atoms with Crippen LogP contribution in [0.3, 0.4) is 0 Å². The predicted octanol–water partition coefficient (Wildman–Crippen LogP) is 2.72. The van der Waals surface area contributed by atoms with E-state index in [4.69, 9.17) is 4.74 Å². The van der Waals surface area contributed by atoms with Gasteiger partial charge < -0.3 is 14.6 Å². The quantitative estimate of drug-likeness (QED) is 0.888. The fourth-order valence-corrected chi connectivity index (χ4v) is 2.12. The standard InChI is InChI=1S/C17H22N2O2/c1-13-4-5-15(10-14(13)2)11-18-16-6-7-17(20)19(12-16)8-9-21-3/h4-7,10,12,18H,8-9,11H2,1-3H3. The van der Waals surface area contributed by atoms with Crippen LogP contribution in [-0.4, -0.2) is 18.3 Å². The minimum absolute atomic E-state index is 0.0104. The van der Waals surface area contributed by atoms with Gasteiger partial charge in [0.1, 0.15) is 0 Å². The molecule has 0 unspecified atom stereocenters. The highest BCUT2D eigenvalue weighted by Crippen LogP contribution is 2.12. The first-order valence-corrected chi connectivity index (χ1v) is 7.09. The minimum atomic E-state index is -0.0104. The van der Waals surface area contributed by atoms with Gasteiger partial charge >= 0.3 is 0 Å². The van der Waals surface area contributed by atoms with Gasteiger partial charge in [-0.3, -0.25) is 4.79 Å².